The Balaban J connectivity index is 2.21. The molecule has 0 saturated heterocycles. The first-order chi connectivity index (χ1) is 4.93. The van der Waals surface area contributed by atoms with E-state index in [1.165, 1.54) is 24.8 Å². The number of hydrogen-bond donors (Lipinski definition) is 0. The van der Waals surface area contributed by atoms with Gasteiger partial charge in [0.2, 0.25) is 0 Å². The molecule has 62 valence electrons. The number of hydrogen-bond acceptors (Lipinski definition) is 0. The van der Waals surface area contributed by atoms with Crippen molar-refractivity contribution in [1.29, 1.82) is 0 Å². The van der Waals surface area contributed by atoms with E-state index in [-0.39, 0.29) is 0 Å². The number of allylic oxidation sites excluding steroid dienone is 1. The summed E-state index contributed by atoms with van der Waals surface area (Å²) >= 11 is 0. The summed E-state index contributed by atoms with van der Waals surface area (Å²) in [4.78, 5) is 0. The molecule has 2 unspecified atom stereocenters. The highest BCUT2D eigenvalue weighted by molar-refractivity contribution is 5.23. The Morgan fingerprint density at radius 3 is 2.55 bits per heavy atom. The first-order valence-electron chi connectivity index (χ1n) is 4.61. The van der Waals surface area contributed by atoms with Gasteiger partial charge in [-0.2, -0.15) is 0 Å². The van der Waals surface area contributed by atoms with Crippen LogP contribution in [0.15, 0.2) is 12.2 Å². The maximum absolute atomic E-state index is 4.18. The van der Waals surface area contributed by atoms with E-state index in [0.717, 1.165) is 5.92 Å². The van der Waals surface area contributed by atoms with E-state index in [1.54, 1.807) is 0 Å². The van der Waals surface area contributed by atoms with E-state index in [9.17, 15) is 0 Å². The fourth-order valence-electron chi connectivity index (χ4n) is 3.13. The van der Waals surface area contributed by atoms with Gasteiger partial charge in [0.1, 0.15) is 0 Å². The monoisotopic (exact) mass is 150 g/mol. The molecule has 0 bridgehead atoms. The minimum atomic E-state index is 0.527. The van der Waals surface area contributed by atoms with Crippen molar-refractivity contribution >= 4 is 0 Å². The van der Waals surface area contributed by atoms with Crippen molar-refractivity contribution in [2.24, 2.45) is 16.7 Å². The molecule has 0 heteroatoms. The summed E-state index contributed by atoms with van der Waals surface area (Å²) in [5.74, 6) is 0.885. The Morgan fingerprint density at radius 1 is 1.36 bits per heavy atom. The molecule has 0 aromatic heterocycles. The molecule has 2 fully saturated rings. The van der Waals surface area contributed by atoms with E-state index in [0.29, 0.717) is 10.8 Å². The molecule has 11 heavy (non-hydrogen) atoms. The SMILES string of the molecule is C=C1CC(C)(C)CC2(C)CC12. The van der Waals surface area contributed by atoms with Crippen molar-refractivity contribution < 1.29 is 0 Å². The van der Waals surface area contributed by atoms with Crippen LogP contribution in [0.5, 0.6) is 0 Å². The highest BCUT2D eigenvalue weighted by Crippen LogP contribution is 2.66. The van der Waals surface area contributed by atoms with Gasteiger partial charge in [-0.3, -0.25) is 0 Å². The highest BCUT2D eigenvalue weighted by atomic mass is 14.6. The standard InChI is InChI=1S/C11H18/c1-8-5-10(2,3)7-11(4)6-9(8)11/h9H,1,5-7H2,2-4H3. The normalized spacial score (nSPS) is 46.8. The third-order valence-corrected chi connectivity index (χ3v) is 3.43. The van der Waals surface area contributed by atoms with Crippen molar-refractivity contribution in [3.63, 3.8) is 0 Å². The smallest absolute Gasteiger partial charge is 0.0146 e. The molecule has 2 aliphatic rings. The molecule has 0 amide bonds. The molecule has 0 aromatic carbocycles. The van der Waals surface area contributed by atoms with Crippen LogP contribution in [0.3, 0.4) is 0 Å². The van der Waals surface area contributed by atoms with Gasteiger partial charge in [-0.1, -0.05) is 32.9 Å². The lowest BCUT2D eigenvalue weighted by Crippen LogP contribution is -2.23. The largest absolute Gasteiger partial charge is 0.0995 e. The molecule has 2 rings (SSSR count). The Morgan fingerprint density at radius 2 is 2.00 bits per heavy atom. The maximum atomic E-state index is 4.18. The van der Waals surface area contributed by atoms with Crippen LogP contribution in [0, 0.1) is 16.7 Å². The molecule has 0 nitrogen and oxygen atoms in total. The lowest BCUT2D eigenvalue weighted by molar-refractivity contribution is 0.220. The lowest BCUT2D eigenvalue weighted by atomic mass is 9.71. The first kappa shape index (κ1) is 7.39. The van der Waals surface area contributed by atoms with Crippen LogP contribution in [0.1, 0.15) is 40.0 Å². The topological polar surface area (TPSA) is 0 Å². The van der Waals surface area contributed by atoms with Crippen LogP contribution in [0.2, 0.25) is 0 Å². The second-order valence-corrected chi connectivity index (χ2v) is 5.59. The Bertz CT molecular complexity index is 209. The van der Waals surface area contributed by atoms with E-state index < -0.39 is 0 Å². The molecule has 0 aliphatic heterocycles. The fraction of sp³-hybridized carbons (Fsp3) is 0.818. The Hall–Kier alpha value is -0.260. The summed E-state index contributed by atoms with van der Waals surface area (Å²) in [6.45, 7) is 11.3. The van der Waals surface area contributed by atoms with E-state index in [4.69, 9.17) is 0 Å². The van der Waals surface area contributed by atoms with Crippen LogP contribution >= 0.6 is 0 Å². The zero-order valence-corrected chi connectivity index (χ0v) is 7.91. The van der Waals surface area contributed by atoms with Crippen LogP contribution in [-0.4, -0.2) is 0 Å². The minimum Gasteiger partial charge on any atom is -0.0995 e. The predicted molar refractivity (Wildman–Crippen MR) is 48.4 cm³/mol. The van der Waals surface area contributed by atoms with Crippen molar-refractivity contribution in [2.75, 3.05) is 0 Å². The zero-order valence-electron chi connectivity index (χ0n) is 7.91. The van der Waals surface area contributed by atoms with Gasteiger partial charge in [-0.25, -0.2) is 0 Å². The van der Waals surface area contributed by atoms with E-state index in [2.05, 4.69) is 27.4 Å². The van der Waals surface area contributed by atoms with Crippen molar-refractivity contribution in [2.45, 2.75) is 40.0 Å². The second kappa shape index (κ2) is 1.73. The van der Waals surface area contributed by atoms with Crippen LogP contribution in [-0.2, 0) is 0 Å². The minimum absolute atomic E-state index is 0.527. The molecule has 0 aromatic rings. The summed E-state index contributed by atoms with van der Waals surface area (Å²) < 4.78 is 0. The predicted octanol–water partition coefficient (Wildman–Crippen LogP) is 3.39. The molecular weight excluding hydrogens is 132 g/mol. The van der Waals surface area contributed by atoms with Gasteiger partial charge in [-0.15, -0.1) is 0 Å². The molecule has 0 N–H and O–H groups in total. The average molecular weight is 150 g/mol. The van der Waals surface area contributed by atoms with Gasteiger partial charge in [0.15, 0.2) is 0 Å². The van der Waals surface area contributed by atoms with Crippen molar-refractivity contribution in [3.05, 3.63) is 12.2 Å². The molecule has 2 aliphatic carbocycles. The first-order valence-corrected chi connectivity index (χ1v) is 4.61. The maximum Gasteiger partial charge on any atom is -0.0146 e. The Labute approximate surface area is 69.7 Å². The van der Waals surface area contributed by atoms with E-state index in [1.807, 2.05) is 0 Å². The zero-order chi connectivity index (χ0) is 8.28. The van der Waals surface area contributed by atoms with Crippen LogP contribution < -0.4 is 0 Å². The van der Waals surface area contributed by atoms with Gasteiger partial charge in [0.05, 0.1) is 0 Å². The van der Waals surface area contributed by atoms with Crippen LogP contribution in [0.4, 0.5) is 0 Å². The lowest BCUT2D eigenvalue weighted by Gasteiger charge is -2.34. The Kier molecular flexibility index (Phi) is 1.16. The average Bonchev–Trinajstić information content (AvgIpc) is 2.36. The summed E-state index contributed by atoms with van der Waals surface area (Å²) in [6.07, 6.45) is 4.08. The van der Waals surface area contributed by atoms with Gasteiger partial charge < -0.3 is 0 Å². The van der Waals surface area contributed by atoms with E-state index >= 15 is 0 Å². The van der Waals surface area contributed by atoms with Crippen LogP contribution in [0.25, 0.3) is 0 Å². The molecular formula is C11H18. The van der Waals surface area contributed by atoms with Crippen molar-refractivity contribution in [1.82, 2.24) is 0 Å². The molecule has 0 spiro atoms. The molecule has 0 heterocycles. The van der Waals surface area contributed by atoms with Gasteiger partial charge in [-0.05, 0) is 36.0 Å². The number of rotatable bonds is 0. The molecule has 0 radical (unpaired) electrons. The number of fused-ring (bicyclic) bond motifs is 1. The fourth-order valence-corrected chi connectivity index (χ4v) is 3.13. The third-order valence-electron chi connectivity index (χ3n) is 3.43. The third kappa shape index (κ3) is 1.04. The van der Waals surface area contributed by atoms with Gasteiger partial charge in [0, 0.05) is 0 Å². The van der Waals surface area contributed by atoms with Gasteiger partial charge in [0.25, 0.3) is 0 Å². The second-order valence-electron chi connectivity index (χ2n) is 5.59. The molecule has 2 saturated carbocycles. The summed E-state index contributed by atoms with van der Waals surface area (Å²) in [6, 6.07) is 0. The van der Waals surface area contributed by atoms with Gasteiger partial charge >= 0.3 is 0 Å². The summed E-state index contributed by atoms with van der Waals surface area (Å²) in [7, 11) is 0. The summed E-state index contributed by atoms with van der Waals surface area (Å²) in [5.41, 5.74) is 2.70. The quantitative estimate of drug-likeness (QED) is 0.464. The highest BCUT2D eigenvalue weighted by Gasteiger charge is 2.56. The summed E-state index contributed by atoms with van der Waals surface area (Å²) in [5, 5.41) is 0. The van der Waals surface area contributed by atoms with Crippen molar-refractivity contribution in [3.8, 4) is 0 Å². The molecule has 2 atom stereocenters.